The van der Waals surface area contributed by atoms with Crippen LogP contribution in [0.25, 0.3) is 0 Å². The van der Waals surface area contributed by atoms with Gasteiger partial charge in [-0.2, -0.15) is 0 Å². The summed E-state index contributed by atoms with van der Waals surface area (Å²) < 4.78 is 0. The minimum Gasteiger partial charge on any atom is -0.481 e. The molecule has 19 heavy (non-hydrogen) atoms. The minimum atomic E-state index is -0.809. The molecule has 0 saturated heterocycles. The van der Waals surface area contributed by atoms with Gasteiger partial charge in [-0.3, -0.25) is 4.79 Å². The monoisotopic (exact) mass is 272 g/mol. The number of nitrogens with zero attached hydrogens (tertiary/aromatic N) is 1. The summed E-state index contributed by atoms with van der Waals surface area (Å²) in [6, 6.07) is -0.211. The molecular formula is C13H24N2O4. The molecule has 6 heteroatoms. The van der Waals surface area contributed by atoms with Crippen molar-refractivity contribution in [1.29, 1.82) is 0 Å². The van der Waals surface area contributed by atoms with Crippen LogP contribution >= 0.6 is 0 Å². The standard InChI is InChI=1S/C13H24N2O4/c1-10(16)4-7-15(2)12(19)14-9-13(5-3-6-13)8-11(17)18/h10,16H,3-9H2,1-2H3,(H,14,19)(H,17,18). The van der Waals surface area contributed by atoms with Gasteiger partial charge >= 0.3 is 12.0 Å². The highest BCUT2D eigenvalue weighted by atomic mass is 16.4. The van der Waals surface area contributed by atoms with E-state index in [-0.39, 0.29) is 17.9 Å². The number of carboxylic acids is 1. The molecule has 2 amide bonds. The highest BCUT2D eigenvalue weighted by Crippen LogP contribution is 2.43. The molecule has 0 heterocycles. The van der Waals surface area contributed by atoms with Crippen LogP contribution in [0.2, 0.25) is 0 Å². The Kier molecular flexibility index (Phi) is 5.60. The van der Waals surface area contributed by atoms with Crippen LogP contribution in [0.1, 0.15) is 39.0 Å². The van der Waals surface area contributed by atoms with Gasteiger partial charge in [0.1, 0.15) is 0 Å². The van der Waals surface area contributed by atoms with Crippen LogP contribution in [0.4, 0.5) is 4.79 Å². The SMILES string of the molecule is CC(O)CCN(C)C(=O)NCC1(CC(=O)O)CCC1. The molecule has 1 aliphatic rings. The topological polar surface area (TPSA) is 89.9 Å². The van der Waals surface area contributed by atoms with E-state index in [1.165, 1.54) is 4.90 Å². The number of aliphatic carboxylic acids is 1. The van der Waals surface area contributed by atoms with E-state index in [2.05, 4.69) is 5.32 Å². The van der Waals surface area contributed by atoms with Gasteiger partial charge in [0.15, 0.2) is 0 Å². The normalized spacial score (nSPS) is 18.3. The van der Waals surface area contributed by atoms with Crippen LogP contribution in [0.3, 0.4) is 0 Å². The van der Waals surface area contributed by atoms with Crippen molar-refractivity contribution in [2.24, 2.45) is 5.41 Å². The van der Waals surface area contributed by atoms with Gasteiger partial charge < -0.3 is 20.4 Å². The smallest absolute Gasteiger partial charge is 0.317 e. The lowest BCUT2D eigenvalue weighted by Crippen LogP contribution is -2.47. The molecule has 1 unspecified atom stereocenters. The Bertz CT molecular complexity index is 327. The van der Waals surface area contributed by atoms with Crippen LogP contribution in [-0.4, -0.2) is 53.4 Å². The van der Waals surface area contributed by atoms with Crippen molar-refractivity contribution in [1.82, 2.24) is 10.2 Å². The van der Waals surface area contributed by atoms with Gasteiger partial charge in [-0.1, -0.05) is 6.42 Å². The second-order valence-corrected chi connectivity index (χ2v) is 5.64. The van der Waals surface area contributed by atoms with E-state index < -0.39 is 12.1 Å². The molecule has 1 saturated carbocycles. The second kappa shape index (κ2) is 6.75. The Labute approximate surface area is 113 Å². The first-order valence-electron chi connectivity index (χ1n) is 6.73. The van der Waals surface area contributed by atoms with Gasteiger partial charge in [0, 0.05) is 20.1 Å². The number of hydrogen-bond acceptors (Lipinski definition) is 3. The number of aliphatic hydroxyl groups excluding tert-OH is 1. The van der Waals surface area contributed by atoms with E-state index in [1.807, 2.05) is 0 Å². The summed E-state index contributed by atoms with van der Waals surface area (Å²) in [5, 5.41) is 20.8. The van der Waals surface area contributed by atoms with E-state index in [1.54, 1.807) is 14.0 Å². The third kappa shape index (κ3) is 5.06. The summed E-state index contributed by atoms with van der Waals surface area (Å²) in [6.07, 6.45) is 2.96. The Morgan fingerprint density at radius 2 is 2.05 bits per heavy atom. The number of carbonyl (C=O) groups is 2. The lowest BCUT2D eigenvalue weighted by Gasteiger charge is -2.41. The molecule has 0 radical (unpaired) electrons. The fraction of sp³-hybridized carbons (Fsp3) is 0.846. The molecule has 0 aromatic carbocycles. The molecule has 110 valence electrons. The van der Waals surface area contributed by atoms with Gasteiger partial charge in [0.2, 0.25) is 0 Å². The first-order chi connectivity index (χ1) is 8.84. The van der Waals surface area contributed by atoms with E-state index >= 15 is 0 Å². The van der Waals surface area contributed by atoms with E-state index in [9.17, 15) is 9.59 Å². The number of hydrogen-bond donors (Lipinski definition) is 3. The van der Waals surface area contributed by atoms with Crippen molar-refractivity contribution in [2.45, 2.75) is 45.1 Å². The zero-order chi connectivity index (χ0) is 14.5. The number of carbonyl (C=O) groups excluding carboxylic acids is 1. The maximum Gasteiger partial charge on any atom is 0.317 e. The molecule has 1 fully saturated rings. The first-order valence-corrected chi connectivity index (χ1v) is 6.73. The molecule has 0 spiro atoms. The van der Waals surface area contributed by atoms with Gasteiger partial charge in [-0.25, -0.2) is 4.79 Å². The molecule has 0 aromatic heterocycles. The number of aliphatic hydroxyl groups is 1. The van der Waals surface area contributed by atoms with Gasteiger partial charge in [-0.05, 0) is 31.6 Å². The van der Waals surface area contributed by atoms with E-state index in [4.69, 9.17) is 10.2 Å². The predicted molar refractivity (Wildman–Crippen MR) is 70.9 cm³/mol. The fourth-order valence-corrected chi connectivity index (χ4v) is 2.29. The summed E-state index contributed by atoms with van der Waals surface area (Å²) in [6.45, 7) is 2.58. The summed E-state index contributed by atoms with van der Waals surface area (Å²) >= 11 is 0. The van der Waals surface area contributed by atoms with Crippen molar-refractivity contribution < 1.29 is 19.8 Å². The highest BCUT2D eigenvalue weighted by Gasteiger charge is 2.39. The predicted octanol–water partition coefficient (Wildman–Crippen LogP) is 1.04. The lowest BCUT2D eigenvalue weighted by molar-refractivity contribution is -0.141. The zero-order valence-electron chi connectivity index (χ0n) is 11.7. The molecule has 1 atom stereocenters. The largest absolute Gasteiger partial charge is 0.481 e. The van der Waals surface area contributed by atoms with Gasteiger partial charge in [0.25, 0.3) is 0 Å². The molecule has 0 aliphatic heterocycles. The molecule has 1 rings (SSSR count). The van der Waals surface area contributed by atoms with Crippen LogP contribution in [0.5, 0.6) is 0 Å². The number of amides is 2. The number of carboxylic acid groups (broad SMARTS) is 1. The Morgan fingerprint density at radius 1 is 1.42 bits per heavy atom. The van der Waals surface area contributed by atoms with Gasteiger partial charge in [0.05, 0.1) is 12.5 Å². The summed E-state index contributed by atoms with van der Waals surface area (Å²) in [5.74, 6) is -0.809. The third-order valence-electron chi connectivity index (χ3n) is 3.78. The van der Waals surface area contributed by atoms with Crippen molar-refractivity contribution in [3.63, 3.8) is 0 Å². The van der Waals surface area contributed by atoms with Crippen molar-refractivity contribution in [2.75, 3.05) is 20.1 Å². The average molecular weight is 272 g/mol. The quantitative estimate of drug-likeness (QED) is 0.646. The first kappa shape index (κ1) is 15.8. The number of nitrogens with one attached hydrogen (secondary N) is 1. The molecule has 1 aliphatic carbocycles. The third-order valence-corrected chi connectivity index (χ3v) is 3.78. The number of urea groups is 1. The molecule has 6 nitrogen and oxygen atoms in total. The fourth-order valence-electron chi connectivity index (χ4n) is 2.29. The Morgan fingerprint density at radius 3 is 2.47 bits per heavy atom. The maximum absolute atomic E-state index is 11.8. The molecular weight excluding hydrogens is 248 g/mol. The van der Waals surface area contributed by atoms with Gasteiger partial charge in [-0.15, -0.1) is 0 Å². The average Bonchev–Trinajstić information content (AvgIpc) is 2.28. The van der Waals surface area contributed by atoms with Crippen LogP contribution in [0.15, 0.2) is 0 Å². The van der Waals surface area contributed by atoms with Crippen LogP contribution in [0, 0.1) is 5.41 Å². The molecule has 0 bridgehead atoms. The van der Waals surface area contributed by atoms with Crippen molar-refractivity contribution in [3.8, 4) is 0 Å². The van der Waals surface area contributed by atoms with E-state index in [0.29, 0.717) is 19.5 Å². The van der Waals surface area contributed by atoms with Crippen molar-refractivity contribution in [3.05, 3.63) is 0 Å². The molecule has 0 aromatic rings. The highest BCUT2D eigenvalue weighted by molar-refractivity contribution is 5.74. The maximum atomic E-state index is 11.8. The molecule has 3 N–H and O–H groups in total. The lowest BCUT2D eigenvalue weighted by atomic mass is 9.66. The zero-order valence-corrected chi connectivity index (χ0v) is 11.7. The Hall–Kier alpha value is -1.30. The minimum absolute atomic E-state index is 0.116. The van der Waals surface area contributed by atoms with Crippen LogP contribution < -0.4 is 5.32 Å². The van der Waals surface area contributed by atoms with Crippen molar-refractivity contribution >= 4 is 12.0 Å². The van der Waals surface area contributed by atoms with Crippen LogP contribution in [-0.2, 0) is 4.79 Å². The Balaban J connectivity index is 2.34. The summed E-state index contributed by atoms with van der Waals surface area (Å²) in [5.41, 5.74) is -0.257. The van der Waals surface area contributed by atoms with E-state index in [0.717, 1.165) is 19.3 Å². The second-order valence-electron chi connectivity index (χ2n) is 5.64. The summed E-state index contributed by atoms with van der Waals surface area (Å²) in [7, 11) is 1.67. The number of rotatable bonds is 7. The summed E-state index contributed by atoms with van der Waals surface area (Å²) in [4.78, 5) is 24.1.